The summed E-state index contributed by atoms with van der Waals surface area (Å²) in [5.74, 6) is -0.00703. The molecule has 2 amide bonds. The summed E-state index contributed by atoms with van der Waals surface area (Å²) in [6.07, 6.45) is 1.11. The van der Waals surface area contributed by atoms with E-state index in [1.165, 1.54) is 0 Å². The van der Waals surface area contributed by atoms with E-state index in [4.69, 9.17) is 4.74 Å². The SMILES string of the molecule is CC(C)(C)OC(=O)NCC1(C(=O)NCc2ccccc2)CC1. The molecule has 1 fully saturated rings. The van der Waals surface area contributed by atoms with Crippen LogP contribution < -0.4 is 10.6 Å². The second-order valence-corrected chi connectivity index (χ2v) is 6.80. The molecule has 1 aliphatic carbocycles. The first kappa shape index (κ1) is 16.3. The number of ether oxygens (including phenoxy) is 1. The Morgan fingerprint density at radius 1 is 1.14 bits per heavy atom. The number of hydrogen-bond acceptors (Lipinski definition) is 3. The molecule has 0 bridgehead atoms. The molecule has 22 heavy (non-hydrogen) atoms. The summed E-state index contributed by atoms with van der Waals surface area (Å²) < 4.78 is 5.19. The molecule has 1 aromatic carbocycles. The van der Waals surface area contributed by atoms with Gasteiger partial charge >= 0.3 is 6.09 Å². The molecule has 0 atom stereocenters. The van der Waals surface area contributed by atoms with Crippen LogP contribution in [-0.2, 0) is 16.1 Å². The highest BCUT2D eigenvalue weighted by Crippen LogP contribution is 2.45. The monoisotopic (exact) mass is 304 g/mol. The van der Waals surface area contributed by atoms with Gasteiger partial charge in [-0.05, 0) is 39.2 Å². The zero-order valence-electron chi connectivity index (χ0n) is 13.4. The molecule has 0 heterocycles. The fourth-order valence-corrected chi connectivity index (χ4v) is 2.16. The number of benzene rings is 1. The number of carbonyl (C=O) groups excluding carboxylic acids is 2. The van der Waals surface area contributed by atoms with Gasteiger partial charge in [-0.2, -0.15) is 0 Å². The number of alkyl carbamates (subject to hydrolysis) is 1. The number of amides is 2. The van der Waals surface area contributed by atoms with Crippen molar-refractivity contribution in [2.75, 3.05) is 6.54 Å². The lowest BCUT2D eigenvalue weighted by atomic mass is 10.1. The van der Waals surface area contributed by atoms with Crippen LogP contribution in [0.3, 0.4) is 0 Å². The summed E-state index contributed by atoms with van der Waals surface area (Å²) in [6, 6.07) is 9.77. The Kier molecular flexibility index (Phi) is 4.74. The average molecular weight is 304 g/mol. The standard InChI is InChI=1S/C17H24N2O3/c1-16(2,3)22-15(21)19-12-17(9-10-17)14(20)18-11-13-7-5-4-6-8-13/h4-8H,9-12H2,1-3H3,(H,18,20)(H,19,21). The van der Waals surface area contributed by atoms with E-state index in [1.54, 1.807) is 0 Å². The van der Waals surface area contributed by atoms with Crippen molar-refractivity contribution < 1.29 is 14.3 Å². The summed E-state index contributed by atoms with van der Waals surface area (Å²) >= 11 is 0. The molecular weight excluding hydrogens is 280 g/mol. The topological polar surface area (TPSA) is 67.4 Å². The lowest BCUT2D eigenvalue weighted by molar-refractivity contribution is -0.126. The van der Waals surface area contributed by atoms with Crippen molar-refractivity contribution in [2.24, 2.45) is 5.41 Å². The zero-order chi connectivity index (χ0) is 16.2. The smallest absolute Gasteiger partial charge is 0.407 e. The van der Waals surface area contributed by atoms with Crippen molar-refractivity contribution in [3.8, 4) is 0 Å². The van der Waals surface area contributed by atoms with Gasteiger partial charge in [0.25, 0.3) is 0 Å². The third kappa shape index (κ3) is 4.76. The maximum Gasteiger partial charge on any atom is 0.407 e. The van der Waals surface area contributed by atoms with Crippen LogP contribution in [0.2, 0.25) is 0 Å². The molecule has 2 rings (SSSR count). The van der Waals surface area contributed by atoms with Crippen LogP contribution in [0.1, 0.15) is 39.2 Å². The Bertz CT molecular complexity index is 531. The molecule has 0 radical (unpaired) electrons. The van der Waals surface area contributed by atoms with Gasteiger partial charge < -0.3 is 15.4 Å². The van der Waals surface area contributed by atoms with E-state index in [9.17, 15) is 9.59 Å². The molecule has 1 aromatic rings. The lowest BCUT2D eigenvalue weighted by Crippen LogP contribution is -2.41. The molecule has 0 spiro atoms. The Labute approximate surface area is 131 Å². The minimum atomic E-state index is -0.531. The summed E-state index contributed by atoms with van der Waals surface area (Å²) in [4.78, 5) is 24.0. The normalized spacial score (nSPS) is 15.8. The van der Waals surface area contributed by atoms with E-state index < -0.39 is 17.1 Å². The molecule has 5 heteroatoms. The third-order valence-corrected chi connectivity index (χ3v) is 3.60. The van der Waals surface area contributed by atoms with Crippen LogP contribution in [0.4, 0.5) is 4.79 Å². The minimum absolute atomic E-state index is 0.00703. The molecule has 1 aliphatic rings. The molecule has 0 aromatic heterocycles. The summed E-state index contributed by atoms with van der Waals surface area (Å²) in [5, 5.41) is 5.64. The van der Waals surface area contributed by atoms with E-state index in [0.717, 1.165) is 18.4 Å². The first-order chi connectivity index (χ1) is 10.3. The molecule has 0 unspecified atom stereocenters. The third-order valence-electron chi connectivity index (χ3n) is 3.60. The van der Waals surface area contributed by atoms with Gasteiger partial charge in [-0.15, -0.1) is 0 Å². The number of hydrogen-bond donors (Lipinski definition) is 2. The van der Waals surface area contributed by atoms with Crippen LogP contribution in [-0.4, -0.2) is 24.1 Å². The van der Waals surface area contributed by atoms with E-state index in [1.807, 2.05) is 51.1 Å². The van der Waals surface area contributed by atoms with Crippen molar-refractivity contribution in [3.05, 3.63) is 35.9 Å². The maximum atomic E-state index is 12.3. The van der Waals surface area contributed by atoms with Crippen molar-refractivity contribution >= 4 is 12.0 Å². The number of rotatable bonds is 5. The first-order valence-corrected chi connectivity index (χ1v) is 7.60. The second-order valence-electron chi connectivity index (χ2n) is 6.80. The van der Waals surface area contributed by atoms with Crippen molar-refractivity contribution in [2.45, 2.75) is 45.8 Å². The number of nitrogens with one attached hydrogen (secondary N) is 2. The van der Waals surface area contributed by atoms with E-state index >= 15 is 0 Å². The average Bonchev–Trinajstić information content (AvgIpc) is 3.23. The predicted molar refractivity (Wildman–Crippen MR) is 84.2 cm³/mol. The predicted octanol–water partition coefficient (Wildman–Crippen LogP) is 2.61. The van der Waals surface area contributed by atoms with Crippen molar-refractivity contribution in [3.63, 3.8) is 0 Å². The van der Waals surface area contributed by atoms with Gasteiger partial charge in [0.1, 0.15) is 5.60 Å². The second kappa shape index (κ2) is 6.38. The van der Waals surface area contributed by atoms with Gasteiger partial charge in [-0.1, -0.05) is 30.3 Å². The Balaban J connectivity index is 1.78. The quantitative estimate of drug-likeness (QED) is 0.878. The Morgan fingerprint density at radius 2 is 1.77 bits per heavy atom. The zero-order valence-corrected chi connectivity index (χ0v) is 13.4. The Hall–Kier alpha value is -2.04. The highest BCUT2D eigenvalue weighted by atomic mass is 16.6. The summed E-state index contributed by atoms with van der Waals surface area (Å²) in [5.41, 5.74) is 0.0638. The molecule has 2 N–H and O–H groups in total. The van der Waals surface area contributed by atoms with Gasteiger partial charge in [-0.3, -0.25) is 4.79 Å². The van der Waals surface area contributed by atoms with Crippen molar-refractivity contribution in [1.82, 2.24) is 10.6 Å². The highest BCUT2D eigenvalue weighted by molar-refractivity contribution is 5.86. The molecular formula is C17H24N2O3. The Morgan fingerprint density at radius 3 is 2.32 bits per heavy atom. The van der Waals surface area contributed by atoms with Crippen LogP contribution >= 0.6 is 0 Å². The van der Waals surface area contributed by atoms with Crippen LogP contribution in [0.25, 0.3) is 0 Å². The van der Waals surface area contributed by atoms with Gasteiger partial charge in [0.05, 0.1) is 5.41 Å². The molecule has 0 aliphatic heterocycles. The molecule has 5 nitrogen and oxygen atoms in total. The highest BCUT2D eigenvalue weighted by Gasteiger charge is 2.49. The van der Waals surface area contributed by atoms with Crippen LogP contribution in [0.15, 0.2) is 30.3 Å². The van der Waals surface area contributed by atoms with Gasteiger partial charge in [-0.25, -0.2) is 4.79 Å². The molecule has 120 valence electrons. The fourth-order valence-electron chi connectivity index (χ4n) is 2.16. The van der Waals surface area contributed by atoms with E-state index in [-0.39, 0.29) is 5.91 Å². The summed E-state index contributed by atoms with van der Waals surface area (Å²) in [7, 11) is 0. The molecule has 0 saturated heterocycles. The van der Waals surface area contributed by atoms with E-state index in [2.05, 4.69) is 10.6 Å². The fraction of sp³-hybridized carbons (Fsp3) is 0.529. The van der Waals surface area contributed by atoms with Crippen LogP contribution in [0.5, 0.6) is 0 Å². The first-order valence-electron chi connectivity index (χ1n) is 7.60. The van der Waals surface area contributed by atoms with Gasteiger partial charge in [0.15, 0.2) is 0 Å². The molecule has 1 saturated carbocycles. The van der Waals surface area contributed by atoms with Gasteiger partial charge in [0, 0.05) is 13.1 Å². The van der Waals surface area contributed by atoms with Crippen molar-refractivity contribution in [1.29, 1.82) is 0 Å². The largest absolute Gasteiger partial charge is 0.444 e. The lowest BCUT2D eigenvalue weighted by Gasteiger charge is -2.21. The van der Waals surface area contributed by atoms with E-state index in [0.29, 0.717) is 13.1 Å². The number of carbonyl (C=O) groups is 2. The van der Waals surface area contributed by atoms with Crippen LogP contribution in [0, 0.1) is 5.41 Å². The maximum absolute atomic E-state index is 12.3. The van der Waals surface area contributed by atoms with Gasteiger partial charge in [0.2, 0.25) is 5.91 Å². The summed E-state index contributed by atoms with van der Waals surface area (Å²) in [6.45, 7) is 6.26. The minimum Gasteiger partial charge on any atom is -0.444 e.